The second-order valence-electron chi connectivity index (χ2n) is 6.21. The molecule has 0 atom stereocenters. The highest BCUT2D eigenvalue weighted by Gasteiger charge is 2.35. The number of rotatable bonds is 5. The maximum absolute atomic E-state index is 13.0. The summed E-state index contributed by atoms with van der Waals surface area (Å²) in [7, 11) is 1.29. The van der Waals surface area contributed by atoms with Crippen molar-refractivity contribution < 1.29 is 14.3 Å². The van der Waals surface area contributed by atoms with Crippen molar-refractivity contribution in [3.63, 3.8) is 0 Å². The van der Waals surface area contributed by atoms with Crippen molar-refractivity contribution in [2.24, 2.45) is 4.99 Å². The van der Waals surface area contributed by atoms with Gasteiger partial charge in [0.25, 0.3) is 5.91 Å². The van der Waals surface area contributed by atoms with E-state index in [4.69, 9.17) is 0 Å². The minimum absolute atomic E-state index is 0.287. The van der Waals surface area contributed by atoms with Crippen LogP contribution in [-0.2, 0) is 27.2 Å². The van der Waals surface area contributed by atoms with Gasteiger partial charge in [0, 0.05) is 6.08 Å². The van der Waals surface area contributed by atoms with E-state index in [9.17, 15) is 9.59 Å². The Labute approximate surface area is 169 Å². The predicted octanol–water partition coefficient (Wildman–Crippen LogP) is 4.64. The smallest absolute Gasteiger partial charge is 0.331 e. The highest BCUT2D eigenvalue weighted by molar-refractivity contribution is 8.19. The van der Waals surface area contributed by atoms with Crippen LogP contribution in [0.2, 0.25) is 0 Å². The van der Waals surface area contributed by atoms with Crippen LogP contribution in [0.5, 0.6) is 0 Å². The van der Waals surface area contributed by atoms with Crippen LogP contribution in [0.4, 0.5) is 11.4 Å². The van der Waals surface area contributed by atoms with E-state index in [0.29, 0.717) is 10.9 Å². The molecule has 5 nitrogen and oxygen atoms in total. The number of nitrogens with zero attached hydrogens (tertiary/aromatic N) is 2. The Balaban J connectivity index is 2.01. The molecule has 144 valence electrons. The molecule has 28 heavy (non-hydrogen) atoms. The lowest BCUT2D eigenvalue weighted by Crippen LogP contribution is -2.28. The molecule has 0 aromatic heterocycles. The van der Waals surface area contributed by atoms with E-state index in [1.54, 1.807) is 0 Å². The number of methoxy groups -OCH3 is 1. The lowest BCUT2D eigenvalue weighted by molar-refractivity contribution is -0.135. The number of carbonyl (C=O) groups excluding carboxylic acids is 2. The molecule has 1 heterocycles. The number of amides is 1. The van der Waals surface area contributed by atoms with Crippen LogP contribution >= 0.6 is 11.8 Å². The fourth-order valence-corrected chi connectivity index (χ4v) is 3.70. The van der Waals surface area contributed by atoms with Crippen LogP contribution in [0.1, 0.15) is 25.0 Å². The molecule has 0 saturated carbocycles. The van der Waals surface area contributed by atoms with E-state index in [1.807, 2.05) is 48.5 Å². The molecular formula is C22H22N2O3S. The quantitative estimate of drug-likeness (QED) is 0.548. The predicted molar refractivity (Wildman–Crippen MR) is 114 cm³/mol. The molecule has 0 N–H and O–H groups in total. The maximum atomic E-state index is 13.0. The lowest BCUT2D eigenvalue weighted by atomic mass is 10.1. The van der Waals surface area contributed by atoms with Gasteiger partial charge in [-0.25, -0.2) is 9.79 Å². The molecule has 3 rings (SSSR count). The fourth-order valence-electron chi connectivity index (χ4n) is 2.74. The SMILES string of the molecule is CCc1ccc(N=C2S/C(=C\C(=O)OC)C(=O)N2c2ccc(CC)cc2)cc1. The van der Waals surface area contributed by atoms with Gasteiger partial charge in [-0.15, -0.1) is 0 Å². The first-order valence-electron chi connectivity index (χ1n) is 9.14. The van der Waals surface area contributed by atoms with Gasteiger partial charge in [0.2, 0.25) is 0 Å². The van der Waals surface area contributed by atoms with Gasteiger partial charge in [-0.05, 0) is 60.0 Å². The Kier molecular flexibility index (Phi) is 6.31. The number of benzene rings is 2. The molecule has 1 aliphatic rings. The van der Waals surface area contributed by atoms with Crippen molar-refractivity contribution in [2.75, 3.05) is 12.0 Å². The number of ether oxygens (including phenoxy) is 1. The number of anilines is 1. The summed E-state index contributed by atoms with van der Waals surface area (Å²) in [5.41, 5.74) is 3.87. The van der Waals surface area contributed by atoms with Crippen LogP contribution in [0.3, 0.4) is 0 Å². The molecule has 2 aromatic rings. The van der Waals surface area contributed by atoms with Crippen LogP contribution in [0.15, 0.2) is 64.5 Å². The van der Waals surface area contributed by atoms with E-state index < -0.39 is 5.97 Å². The second-order valence-corrected chi connectivity index (χ2v) is 7.22. The zero-order valence-electron chi connectivity index (χ0n) is 16.1. The van der Waals surface area contributed by atoms with Crippen molar-refractivity contribution in [1.82, 2.24) is 0 Å². The lowest BCUT2D eigenvalue weighted by Gasteiger charge is -2.16. The van der Waals surface area contributed by atoms with Gasteiger partial charge in [0.15, 0.2) is 5.17 Å². The standard InChI is InChI=1S/C22H22N2O3S/c1-4-15-6-10-17(11-7-15)23-22-24(18-12-8-16(5-2)9-13-18)21(26)19(28-22)14-20(25)27-3/h6-14H,4-5H2,1-3H3/b19-14-,23-22?. The van der Waals surface area contributed by atoms with Gasteiger partial charge in [0.05, 0.1) is 23.4 Å². The zero-order chi connectivity index (χ0) is 20.1. The first kappa shape index (κ1) is 19.9. The summed E-state index contributed by atoms with van der Waals surface area (Å²) in [5.74, 6) is -0.853. The van der Waals surface area contributed by atoms with E-state index in [2.05, 4.69) is 23.6 Å². The summed E-state index contributed by atoms with van der Waals surface area (Å²) in [4.78, 5) is 31.1. The summed E-state index contributed by atoms with van der Waals surface area (Å²) >= 11 is 1.17. The monoisotopic (exact) mass is 394 g/mol. The molecule has 1 saturated heterocycles. The third kappa shape index (κ3) is 4.34. The van der Waals surface area contributed by atoms with Crippen LogP contribution < -0.4 is 4.90 Å². The fraction of sp³-hybridized carbons (Fsp3) is 0.227. The Bertz CT molecular complexity index is 931. The molecule has 1 amide bonds. The molecule has 0 spiro atoms. The molecule has 6 heteroatoms. The normalized spacial score (nSPS) is 16.8. The molecule has 1 aliphatic heterocycles. The summed E-state index contributed by atoms with van der Waals surface area (Å²) < 4.78 is 4.67. The number of amidine groups is 1. The van der Waals surface area contributed by atoms with Gasteiger partial charge in [-0.2, -0.15) is 0 Å². The number of carbonyl (C=O) groups is 2. The number of aliphatic imine (C=N–C) groups is 1. The van der Waals surface area contributed by atoms with E-state index in [1.165, 1.54) is 41.0 Å². The highest BCUT2D eigenvalue weighted by atomic mass is 32.2. The molecule has 2 aromatic carbocycles. The minimum Gasteiger partial charge on any atom is -0.466 e. The average molecular weight is 394 g/mol. The van der Waals surface area contributed by atoms with Crippen molar-refractivity contribution in [3.05, 3.63) is 70.6 Å². The third-order valence-electron chi connectivity index (χ3n) is 4.43. The van der Waals surface area contributed by atoms with E-state index in [-0.39, 0.29) is 10.8 Å². The number of esters is 1. The Morgan fingerprint density at radius 1 is 1.04 bits per heavy atom. The second kappa shape index (κ2) is 8.89. The maximum Gasteiger partial charge on any atom is 0.331 e. The molecule has 0 aliphatic carbocycles. The molecule has 0 unspecified atom stereocenters. The number of hydrogen-bond acceptors (Lipinski definition) is 5. The van der Waals surface area contributed by atoms with Crippen molar-refractivity contribution in [2.45, 2.75) is 26.7 Å². The first-order chi connectivity index (χ1) is 13.5. The largest absolute Gasteiger partial charge is 0.466 e. The number of aryl methyl sites for hydroxylation is 2. The number of thioether (sulfide) groups is 1. The highest BCUT2D eigenvalue weighted by Crippen LogP contribution is 2.36. The zero-order valence-corrected chi connectivity index (χ0v) is 17.0. The van der Waals surface area contributed by atoms with Gasteiger partial charge < -0.3 is 4.74 Å². The van der Waals surface area contributed by atoms with Crippen molar-refractivity contribution in [3.8, 4) is 0 Å². The topological polar surface area (TPSA) is 59.0 Å². The molecule has 0 bridgehead atoms. The number of hydrogen-bond donors (Lipinski definition) is 0. The summed E-state index contributed by atoms with van der Waals surface area (Å²) in [6.07, 6.45) is 3.08. The first-order valence-corrected chi connectivity index (χ1v) is 9.95. The Hall–Kier alpha value is -2.86. The minimum atomic E-state index is -0.564. The van der Waals surface area contributed by atoms with Gasteiger partial charge in [0.1, 0.15) is 0 Å². The summed E-state index contributed by atoms with van der Waals surface area (Å²) in [6.45, 7) is 4.17. The van der Waals surface area contributed by atoms with E-state index in [0.717, 1.165) is 18.5 Å². The van der Waals surface area contributed by atoms with Crippen LogP contribution in [0.25, 0.3) is 0 Å². The van der Waals surface area contributed by atoms with Crippen molar-refractivity contribution in [1.29, 1.82) is 0 Å². The third-order valence-corrected chi connectivity index (χ3v) is 5.40. The van der Waals surface area contributed by atoms with Crippen molar-refractivity contribution >= 4 is 40.2 Å². The van der Waals surface area contributed by atoms with Gasteiger partial charge in [-0.1, -0.05) is 38.1 Å². The van der Waals surface area contributed by atoms with Crippen LogP contribution in [0, 0.1) is 0 Å². The molecular weight excluding hydrogens is 372 g/mol. The summed E-state index contributed by atoms with van der Waals surface area (Å²) in [5, 5.41) is 0.508. The Morgan fingerprint density at radius 3 is 2.14 bits per heavy atom. The molecule has 1 fully saturated rings. The van der Waals surface area contributed by atoms with Gasteiger partial charge in [-0.3, -0.25) is 9.69 Å². The van der Waals surface area contributed by atoms with E-state index >= 15 is 0 Å². The molecule has 0 radical (unpaired) electrons. The average Bonchev–Trinajstić information content (AvgIpc) is 3.03. The Morgan fingerprint density at radius 2 is 1.61 bits per heavy atom. The van der Waals surface area contributed by atoms with Crippen LogP contribution in [-0.4, -0.2) is 24.2 Å². The summed E-state index contributed by atoms with van der Waals surface area (Å²) in [6, 6.07) is 15.7. The van der Waals surface area contributed by atoms with Gasteiger partial charge >= 0.3 is 5.97 Å².